The van der Waals surface area contributed by atoms with Crippen molar-refractivity contribution in [1.82, 2.24) is 0 Å². The van der Waals surface area contributed by atoms with Crippen LogP contribution in [0.1, 0.15) is 213 Å². The van der Waals surface area contributed by atoms with E-state index >= 15 is 0 Å². The first-order chi connectivity index (χ1) is 35.1. The molecule has 410 valence electrons. The van der Waals surface area contributed by atoms with E-state index < -0.39 is 24.3 Å². The fourth-order valence-corrected chi connectivity index (χ4v) is 7.42. The highest BCUT2D eigenvalue weighted by atomic mass is 16.7. The number of carboxylic acid groups (broad SMARTS) is 1. The van der Waals surface area contributed by atoms with Crippen LogP contribution in [0, 0.1) is 0 Å². The maximum atomic E-state index is 12.8. The minimum atomic E-state index is -1.51. The van der Waals surface area contributed by atoms with Gasteiger partial charge in [0.2, 0.25) is 0 Å². The smallest absolute Gasteiger partial charge is 0.361 e. The summed E-state index contributed by atoms with van der Waals surface area (Å²) in [4.78, 5) is 37.1. The maximum Gasteiger partial charge on any atom is 0.361 e. The van der Waals surface area contributed by atoms with E-state index in [1.807, 2.05) is 21.1 Å². The second-order valence-electron chi connectivity index (χ2n) is 19.9. The minimum absolute atomic E-state index is 0.184. The van der Waals surface area contributed by atoms with Gasteiger partial charge in [-0.25, -0.2) is 4.79 Å². The van der Waals surface area contributed by atoms with Crippen LogP contribution in [0.3, 0.4) is 0 Å². The number of nitrogens with zero attached hydrogens (tertiary/aromatic N) is 1. The number of carboxylic acids is 1. The van der Waals surface area contributed by atoms with Crippen LogP contribution < -0.4 is 0 Å². The summed E-state index contributed by atoms with van der Waals surface area (Å²) in [6.45, 7) is 4.71. The Bertz CT molecular complexity index is 1540. The van der Waals surface area contributed by atoms with Crippen molar-refractivity contribution in [2.75, 3.05) is 47.5 Å². The lowest BCUT2D eigenvalue weighted by atomic mass is 10.0. The monoisotopic (exact) mass is 1000 g/mol. The summed E-state index contributed by atoms with van der Waals surface area (Å²) < 4.78 is 22.7. The third-order valence-electron chi connectivity index (χ3n) is 11.8. The Kier molecular flexibility index (Phi) is 50.3. The van der Waals surface area contributed by atoms with Crippen LogP contribution in [-0.2, 0) is 33.3 Å². The number of allylic oxidation sites excluding steroid dienone is 18. The molecule has 0 aromatic carbocycles. The van der Waals surface area contributed by atoms with Crippen LogP contribution in [0.4, 0.5) is 0 Å². The van der Waals surface area contributed by atoms with Crippen LogP contribution in [0.15, 0.2) is 109 Å². The molecule has 0 bridgehead atoms. The highest BCUT2D eigenvalue weighted by molar-refractivity contribution is 5.71. The van der Waals surface area contributed by atoms with Crippen molar-refractivity contribution >= 4 is 17.9 Å². The average molecular weight is 1010 g/mol. The Balaban J connectivity index is 4.05. The summed E-state index contributed by atoms with van der Waals surface area (Å²) in [7, 11) is 5.95. The maximum absolute atomic E-state index is 12.8. The normalized spacial score (nSPS) is 13.6. The van der Waals surface area contributed by atoms with Gasteiger partial charge in [-0.3, -0.25) is 9.59 Å². The third kappa shape index (κ3) is 53.7. The van der Waals surface area contributed by atoms with E-state index in [2.05, 4.69) is 123 Å². The Labute approximate surface area is 441 Å². The van der Waals surface area contributed by atoms with Gasteiger partial charge in [-0.15, -0.1) is 0 Å². The summed E-state index contributed by atoms with van der Waals surface area (Å²) in [6, 6.07) is 0. The van der Waals surface area contributed by atoms with Crippen molar-refractivity contribution in [2.45, 2.75) is 225 Å². The largest absolute Gasteiger partial charge is 0.477 e. The average Bonchev–Trinajstić information content (AvgIpc) is 3.35. The molecular formula is C63H106NO8+. The third-order valence-corrected chi connectivity index (χ3v) is 11.8. The number of carbonyl (C=O) groups excluding carboxylic acids is 2. The Morgan fingerprint density at radius 1 is 0.431 bits per heavy atom. The Hall–Kier alpha value is -4.05. The molecule has 0 rings (SSSR count). The number of aliphatic carboxylic acids is 1. The van der Waals surface area contributed by atoms with Crippen LogP contribution >= 0.6 is 0 Å². The van der Waals surface area contributed by atoms with Gasteiger partial charge >= 0.3 is 17.9 Å². The minimum Gasteiger partial charge on any atom is -0.477 e. The van der Waals surface area contributed by atoms with E-state index in [0.717, 1.165) is 103 Å². The molecule has 0 fully saturated rings. The summed E-state index contributed by atoms with van der Waals surface area (Å²) >= 11 is 0. The molecule has 0 aliphatic rings. The number of ether oxygens (including phenoxy) is 4. The number of hydrogen-bond acceptors (Lipinski definition) is 7. The molecule has 0 spiro atoms. The van der Waals surface area contributed by atoms with E-state index in [1.165, 1.54) is 77.0 Å². The van der Waals surface area contributed by atoms with Crippen molar-refractivity contribution < 1.29 is 42.9 Å². The van der Waals surface area contributed by atoms with Gasteiger partial charge in [0.1, 0.15) is 13.2 Å². The standard InChI is InChI=1S/C63H105NO8/c1-6-8-10-12-14-16-17-18-19-20-21-22-23-24-25-26-27-28-29-30-31-32-33-34-35-36-37-38-39-40-41-42-43-44-45-46-48-50-52-54-61(66)72-59(58-71-63(62(67)68)69-56-55-64(3,4)5)57-70-60(65)53-51-49-47-15-13-11-9-7-2/h8,10,14,16,18-19,21-22,24-25,27-28,30-31,33-34,36-37,59,63H,6-7,9,11-13,15,17,20,23,26,29,32,35,38-58H2,1-5H3/p+1/b10-8-,16-14-,19-18-,22-21-,25-24-,28-27-,31-30-,34-33-,37-36-. The van der Waals surface area contributed by atoms with Crippen molar-refractivity contribution in [3.8, 4) is 0 Å². The number of esters is 2. The molecule has 0 amide bonds. The first-order valence-corrected chi connectivity index (χ1v) is 28.6. The number of rotatable bonds is 51. The van der Waals surface area contributed by atoms with Gasteiger partial charge in [-0.2, -0.15) is 0 Å². The van der Waals surface area contributed by atoms with Gasteiger partial charge in [0.25, 0.3) is 6.29 Å². The van der Waals surface area contributed by atoms with Gasteiger partial charge < -0.3 is 28.5 Å². The van der Waals surface area contributed by atoms with Crippen LogP contribution in [0.2, 0.25) is 0 Å². The van der Waals surface area contributed by atoms with Crippen molar-refractivity contribution in [1.29, 1.82) is 0 Å². The number of quaternary nitrogens is 1. The van der Waals surface area contributed by atoms with Gasteiger partial charge in [0, 0.05) is 12.8 Å². The molecule has 0 saturated heterocycles. The molecule has 0 aliphatic carbocycles. The highest BCUT2D eigenvalue weighted by Crippen LogP contribution is 2.15. The second-order valence-corrected chi connectivity index (χ2v) is 19.9. The molecule has 2 unspecified atom stereocenters. The first kappa shape index (κ1) is 68.0. The van der Waals surface area contributed by atoms with Gasteiger partial charge in [0.15, 0.2) is 6.10 Å². The van der Waals surface area contributed by atoms with E-state index in [0.29, 0.717) is 23.9 Å². The van der Waals surface area contributed by atoms with Crippen LogP contribution in [0.25, 0.3) is 0 Å². The number of likely N-dealkylation sites (N-methyl/N-ethyl adjacent to an activating group) is 1. The summed E-state index contributed by atoms with van der Waals surface area (Å²) in [5.41, 5.74) is 0. The highest BCUT2D eigenvalue weighted by Gasteiger charge is 2.25. The lowest BCUT2D eigenvalue weighted by Crippen LogP contribution is -2.40. The van der Waals surface area contributed by atoms with Gasteiger partial charge in [0.05, 0.1) is 34.4 Å². The van der Waals surface area contributed by atoms with E-state index in [9.17, 15) is 19.5 Å². The quantitative estimate of drug-likeness (QED) is 0.0211. The van der Waals surface area contributed by atoms with E-state index in [-0.39, 0.29) is 32.2 Å². The molecule has 9 nitrogen and oxygen atoms in total. The van der Waals surface area contributed by atoms with Gasteiger partial charge in [-0.1, -0.05) is 226 Å². The molecule has 0 aliphatic heterocycles. The molecule has 72 heavy (non-hydrogen) atoms. The lowest BCUT2D eigenvalue weighted by Gasteiger charge is -2.25. The van der Waals surface area contributed by atoms with Crippen molar-refractivity contribution in [2.24, 2.45) is 0 Å². The number of carbonyl (C=O) groups is 3. The molecule has 9 heteroatoms. The topological polar surface area (TPSA) is 108 Å². The zero-order chi connectivity index (χ0) is 52.7. The van der Waals surface area contributed by atoms with E-state index in [1.54, 1.807) is 0 Å². The van der Waals surface area contributed by atoms with Crippen molar-refractivity contribution in [3.05, 3.63) is 109 Å². The fourth-order valence-electron chi connectivity index (χ4n) is 7.42. The Morgan fingerprint density at radius 2 is 0.792 bits per heavy atom. The van der Waals surface area contributed by atoms with Crippen LogP contribution in [0.5, 0.6) is 0 Å². The van der Waals surface area contributed by atoms with Crippen molar-refractivity contribution in [3.63, 3.8) is 0 Å². The molecule has 1 N–H and O–H groups in total. The number of hydrogen-bond donors (Lipinski definition) is 1. The number of unbranched alkanes of at least 4 members (excludes halogenated alkanes) is 18. The molecule has 0 radical (unpaired) electrons. The molecule has 0 heterocycles. The fraction of sp³-hybridized carbons (Fsp3) is 0.667. The van der Waals surface area contributed by atoms with Crippen LogP contribution in [-0.4, -0.2) is 87.4 Å². The Morgan fingerprint density at radius 3 is 1.18 bits per heavy atom. The predicted octanol–water partition coefficient (Wildman–Crippen LogP) is 16.7. The molecule has 2 atom stereocenters. The van der Waals surface area contributed by atoms with Gasteiger partial charge in [-0.05, 0) is 83.5 Å². The van der Waals surface area contributed by atoms with E-state index in [4.69, 9.17) is 18.9 Å². The molecule has 0 saturated carbocycles. The zero-order valence-electron chi connectivity index (χ0n) is 46.5. The molecular weight excluding hydrogens is 899 g/mol. The summed E-state index contributed by atoms with van der Waals surface area (Å²) in [6.07, 6.45) is 70.5. The predicted molar refractivity (Wildman–Crippen MR) is 304 cm³/mol. The molecule has 0 aromatic rings. The summed E-state index contributed by atoms with van der Waals surface area (Å²) in [5.74, 6) is -2.02. The molecule has 0 aromatic heterocycles. The SMILES string of the molecule is CC/C=C\C/C=C\C/C=C\C/C=C\C/C=C\C/C=C\C/C=C\C/C=C\C/C=C\CCCCCCCCCCCCCC(=O)OC(COC(=O)CCCCCCCCCC)COC(OCC[N+](C)(C)C)C(=O)O. The lowest BCUT2D eigenvalue weighted by molar-refractivity contribution is -0.870. The second kappa shape index (κ2) is 53.2. The zero-order valence-corrected chi connectivity index (χ0v) is 46.5. The summed E-state index contributed by atoms with van der Waals surface area (Å²) in [5, 5.41) is 9.65. The first-order valence-electron chi connectivity index (χ1n) is 28.6.